The van der Waals surface area contributed by atoms with Gasteiger partial charge in [0.2, 0.25) is 0 Å². The Morgan fingerprint density at radius 3 is 2.95 bits per heavy atom. The summed E-state index contributed by atoms with van der Waals surface area (Å²) in [5, 5.41) is 0. The molecule has 100 valence electrons. The number of aromatic amines is 1. The zero-order valence-electron chi connectivity index (χ0n) is 10.8. The van der Waals surface area contributed by atoms with Crippen molar-refractivity contribution >= 4 is 0 Å². The molecule has 1 aliphatic rings. The topological polar surface area (TPSA) is 47.1 Å². The lowest BCUT2D eigenvalue weighted by atomic mass is 10.1. The van der Waals surface area contributed by atoms with Crippen molar-refractivity contribution in [2.75, 3.05) is 6.61 Å². The fourth-order valence-corrected chi connectivity index (χ4v) is 2.38. The summed E-state index contributed by atoms with van der Waals surface area (Å²) in [7, 11) is 0. The van der Waals surface area contributed by atoms with Gasteiger partial charge in [-0.2, -0.15) is 0 Å². The van der Waals surface area contributed by atoms with Crippen LogP contribution in [0.25, 0.3) is 0 Å². The van der Waals surface area contributed by atoms with E-state index in [-0.39, 0.29) is 12.2 Å². The van der Waals surface area contributed by atoms with E-state index in [0.717, 1.165) is 18.5 Å². The SMILES string of the molecule is c1ccc(COC[C@H]2CC[C@H](c3cnc[nH]3)O2)cc1. The summed E-state index contributed by atoms with van der Waals surface area (Å²) in [6, 6.07) is 10.2. The van der Waals surface area contributed by atoms with E-state index in [0.29, 0.717) is 13.2 Å². The molecule has 1 aromatic carbocycles. The third kappa shape index (κ3) is 3.22. The van der Waals surface area contributed by atoms with Gasteiger partial charge in [-0.1, -0.05) is 30.3 Å². The fraction of sp³-hybridized carbons (Fsp3) is 0.400. The molecular weight excluding hydrogens is 240 g/mol. The fourth-order valence-electron chi connectivity index (χ4n) is 2.38. The van der Waals surface area contributed by atoms with Crippen molar-refractivity contribution in [1.82, 2.24) is 9.97 Å². The van der Waals surface area contributed by atoms with Gasteiger partial charge in [-0.3, -0.25) is 0 Å². The molecule has 1 N–H and O–H groups in total. The van der Waals surface area contributed by atoms with E-state index in [2.05, 4.69) is 22.1 Å². The van der Waals surface area contributed by atoms with Crippen molar-refractivity contribution in [3.8, 4) is 0 Å². The van der Waals surface area contributed by atoms with Gasteiger partial charge < -0.3 is 14.5 Å². The third-order valence-corrected chi connectivity index (χ3v) is 3.39. The highest BCUT2D eigenvalue weighted by atomic mass is 16.5. The van der Waals surface area contributed by atoms with Crippen molar-refractivity contribution in [1.29, 1.82) is 0 Å². The van der Waals surface area contributed by atoms with Crippen LogP contribution in [0.15, 0.2) is 42.9 Å². The van der Waals surface area contributed by atoms with E-state index in [4.69, 9.17) is 9.47 Å². The predicted molar refractivity (Wildman–Crippen MR) is 71.5 cm³/mol. The number of hydrogen-bond donors (Lipinski definition) is 1. The van der Waals surface area contributed by atoms with Crippen LogP contribution in [0.4, 0.5) is 0 Å². The molecule has 4 nitrogen and oxygen atoms in total. The van der Waals surface area contributed by atoms with Gasteiger partial charge >= 0.3 is 0 Å². The van der Waals surface area contributed by atoms with Crippen molar-refractivity contribution < 1.29 is 9.47 Å². The summed E-state index contributed by atoms with van der Waals surface area (Å²) in [5.41, 5.74) is 2.26. The van der Waals surface area contributed by atoms with E-state index in [1.54, 1.807) is 6.33 Å². The van der Waals surface area contributed by atoms with Gasteiger partial charge in [-0.15, -0.1) is 0 Å². The predicted octanol–water partition coefficient (Wildman–Crippen LogP) is 2.85. The molecule has 2 atom stereocenters. The van der Waals surface area contributed by atoms with Crippen LogP contribution in [0, 0.1) is 0 Å². The van der Waals surface area contributed by atoms with Crippen LogP contribution in [0.2, 0.25) is 0 Å². The molecule has 2 heterocycles. The Balaban J connectivity index is 1.43. The number of nitrogens with one attached hydrogen (secondary N) is 1. The molecule has 1 fully saturated rings. The summed E-state index contributed by atoms with van der Waals surface area (Å²) >= 11 is 0. The second-order valence-electron chi connectivity index (χ2n) is 4.83. The molecule has 3 rings (SSSR count). The number of H-pyrrole nitrogens is 1. The normalized spacial score (nSPS) is 22.7. The van der Waals surface area contributed by atoms with E-state index in [1.165, 1.54) is 5.56 Å². The molecule has 0 amide bonds. The van der Waals surface area contributed by atoms with Crippen LogP contribution >= 0.6 is 0 Å². The molecule has 0 bridgehead atoms. The van der Waals surface area contributed by atoms with Gasteiger partial charge in [0.05, 0.1) is 43.6 Å². The van der Waals surface area contributed by atoms with Gasteiger partial charge in [0.25, 0.3) is 0 Å². The van der Waals surface area contributed by atoms with Crippen molar-refractivity contribution in [3.63, 3.8) is 0 Å². The minimum absolute atomic E-state index is 0.146. The molecule has 1 aromatic heterocycles. The van der Waals surface area contributed by atoms with E-state index < -0.39 is 0 Å². The highest BCUT2D eigenvalue weighted by Crippen LogP contribution is 2.31. The zero-order chi connectivity index (χ0) is 12.9. The average Bonchev–Trinajstić information content (AvgIpc) is 3.10. The Morgan fingerprint density at radius 2 is 2.16 bits per heavy atom. The largest absolute Gasteiger partial charge is 0.374 e. The smallest absolute Gasteiger partial charge is 0.0994 e. The minimum atomic E-state index is 0.146. The highest BCUT2D eigenvalue weighted by molar-refractivity contribution is 5.13. The van der Waals surface area contributed by atoms with Gasteiger partial charge in [0.15, 0.2) is 0 Å². The second-order valence-corrected chi connectivity index (χ2v) is 4.83. The molecule has 0 unspecified atom stereocenters. The van der Waals surface area contributed by atoms with E-state index >= 15 is 0 Å². The van der Waals surface area contributed by atoms with E-state index in [1.807, 2.05) is 24.4 Å². The summed E-state index contributed by atoms with van der Waals surface area (Å²) in [5.74, 6) is 0. The highest BCUT2D eigenvalue weighted by Gasteiger charge is 2.27. The Labute approximate surface area is 112 Å². The lowest BCUT2D eigenvalue weighted by Crippen LogP contribution is -2.14. The van der Waals surface area contributed by atoms with Gasteiger partial charge in [-0.25, -0.2) is 4.98 Å². The van der Waals surface area contributed by atoms with Gasteiger partial charge in [-0.05, 0) is 18.4 Å². The first-order valence-corrected chi connectivity index (χ1v) is 6.67. The minimum Gasteiger partial charge on any atom is -0.374 e. The average molecular weight is 258 g/mol. The quantitative estimate of drug-likeness (QED) is 0.897. The number of rotatable bonds is 5. The summed E-state index contributed by atoms with van der Waals surface area (Å²) in [6.45, 7) is 1.30. The van der Waals surface area contributed by atoms with Crippen LogP contribution < -0.4 is 0 Å². The number of hydrogen-bond acceptors (Lipinski definition) is 3. The first kappa shape index (κ1) is 12.4. The van der Waals surface area contributed by atoms with Crippen molar-refractivity contribution in [2.24, 2.45) is 0 Å². The zero-order valence-corrected chi connectivity index (χ0v) is 10.8. The Kier molecular flexibility index (Phi) is 3.91. The molecule has 0 radical (unpaired) electrons. The maximum atomic E-state index is 5.95. The van der Waals surface area contributed by atoms with E-state index in [9.17, 15) is 0 Å². The molecule has 0 spiro atoms. The van der Waals surface area contributed by atoms with Gasteiger partial charge in [0, 0.05) is 0 Å². The number of benzene rings is 1. The third-order valence-electron chi connectivity index (χ3n) is 3.39. The second kappa shape index (κ2) is 5.99. The lowest BCUT2D eigenvalue weighted by molar-refractivity contribution is -0.0215. The van der Waals surface area contributed by atoms with Crippen LogP contribution in [-0.2, 0) is 16.1 Å². The van der Waals surface area contributed by atoms with Crippen LogP contribution in [-0.4, -0.2) is 22.7 Å². The number of aromatic nitrogens is 2. The van der Waals surface area contributed by atoms with Gasteiger partial charge in [0.1, 0.15) is 0 Å². The molecule has 0 saturated carbocycles. The maximum absolute atomic E-state index is 5.95. The summed E-state index contributed by atoms with van der Waals surface area (Å²) in [4.78, 5) is 7.13. The number of ether oxygens (including phenoxy) is 2. The molecule has 19 heavy (non-hydrogen) atoms. The standard InChI is InChI=1S/C15H18N2O2/c1-2-4-12(5-3-1)9-18-10-13-6-7-15(19-13)14-8-16-11-17-14/h1-5,8,11,13,15H,6-7,9-10H2,(H,16,17)/t13-,15-/m1/s1. The maximum Gasteiger partial charge on any atom is 0.0994 e. The van der Waals surface area contributed by atoms with Crippen molar-refractivity contribution in [3.05, 3.63) is 54.1 Å². The Morgan fingerprint density at radius 1 is 1.26 bits per heavy atom. The molecular formula is C15H18N2O2. The monoisotopic (exact) mass is 258 g/mol. The molecule has 4 heteroatoms. The number of nitrogens with zero attached hydrogens (tertiary/aromatic N) is 1. The number of imidazole rings is 1. The van der Waals surface area contributed by atoms with Crippen molar-refractivity contribution in [2.45, 2.75) is 31.7 Å². The molecule has 2 aromatic rings. The lowest BCUT2D eigenvalue weighted by Gasteiger charge is -2.13. The van der Waals surface area contributed by atoms with Crippen LogP contribution in [0.3, 0.4) is 0 Å². The Hall–Kier alpha value is -1.65. The first-order chi connectivity index (χ1) is 9.42. The summed E-state index contributed by atoms with van der Waals surface area (Å²) in [6.07, 6.45) is 5.93. The Bertz CT molecular complexity index is 484. The van der Waals surface area contributed by atoms with Crippen LogP contribution in [0.5, 0.6) is 0 Å². The van der Waals surface area contributed by atoms with Crippen LogP contribution in [0.1, 0.15) is 30.2 Å². The molecule has 1 aliphatic heterocycles. The first-order valence-electron chi connectivity index (χ1n) is 6.67. The summed E-state index contributed by atoms with van der Waals surface area (Å²) < 4.78 is 11.7. The molecule has 1 saturated heterocycles. The molecule has 0 aliphatic carbocycles.